The molecule has 1 fully saturated rings. The molecule has 1 amide bonds. The second kappa shape index (κ2) is 13.5. The Labute approximate surface area is 230 Å². The molecule has 2 rings (SSSR count). The van der Waals surface area contributed by atoms with Crippen molar-refractivity contribution in [1.29, 1.82) is 0 Å². The van der Waals surface area contributed by atoms with Gasteiger partial charge in [0.15, 0.2) is 9.04 Å². The molecule has 6 nitrogen and oxygen atoms in total. The Morgan fingerprint density at radius 3 is 2.25 bits per heavy atom. The maximum atomic E-state index is 13.7. The van der Waals surface area contributed by atoms with Crippen LogP contribution in [0.15, 0.2) is 41.6 Å². The van der Waals surface area contributed by atoms with E-state index in [0.29, 0.717) is 24.2 Å². The van der Waals surface area contributed by atoms with E-state index in [9.17, 15) is 14.4 Å². The predicted molar refractivity (Wildman–Crippen MR) is 150 cm³/mol. The summed E-state index contributed by atoms with van der Waals surface area (Å²) in [4.78, 5) is 40.5. The molecule has 0 N–H and O–H groups in total. The molecule has 0 aliphatic carbocycles. The SMILES string of the molecule is CC(C)=C(C(=O)OCC(Cl)Cl)N1C(=O)[C@@H](C(CCO[SiH](C)C)C(C)(C)C)[C@H]1SC(=O)c1ccccc1. The summed E-state index contributed by atoms with van der Waals surface area (Å²) in [6.45, 7) is 14.3. The largest absolute Gasteiger partial charge is 0.458 e. The topological polar surface area (TPSA) is 72.9 Å². The lowest BCUT2D eigenvalue weighted by atomic mass is 9.68. The molecule has 1 aromatic rings. The molecular weight excluding hydrogens is 537 g/mol. The van der Waals surface area contributed by atoms with Crippen molar-refractivity contribution in [1.82, 2.24) is 4.90 Å². The van der Waals surface area contributed by atoms with Crippen LogP contribution in [0.2, 0.25) is 13.1 Å². The average Bonchev–Trinajstić information content (AvgIpc) is 2.78. The van der Waals surface area contributed by atoms with Crippen LogP contribution < -0.4 is 0 Å². The molecule has 1 aliphatic heterocycles. The van der Waals surface area contributed by atoms with Crippen molar-refractivity contribution >= 4 is 61.0 Å². The van der Waals surface area contributed by atoms with Gasteiger partial charge in [-0.2, -0.15) is 0 Å². The van der Waals surface area contributed by atoms with Crippen LogP contribution in [0.25, 0.3) is 0 Å². The monoisotopic (exact) mass is 573 g/mol. The Morgan fingerprint density at radius 2 is 1.75 bits per heavy atom. The standard InChI is InChI=1S/C26H37Cl2NO5SSi/c1-16(2)21(24(31)33-15-19(27)28)29-22(30)20(18(26(3,4)5)13-14-34-36(6)7)23(29)35-25(32)17-11-9-8-10-12-17/h8-12,18-20,23,36H,13-15H2,1-7H3/t18?,20-,23-/m1/s1. The minimum Gasteiger partial charge on any atom is -0.458 e. The number of likely N-dealkylation sites (tertiary alicyclic amines) is 1. The molecule has 1 saturated heterocycles. The summed E-state index contributed by atoms with van der Waals surface area (Å²) in [6, 6.07) is 8.93. The molecule has 200 valence electrons. The zero-order valence-electron chi connectivity index (χ0n) is 22.0. The lowest BCUT2D eigenvalue weighted by Crippen LogP contribution is -2.64. The van der Waals surface area contributed by atoms with Gasteiger partial charge in [-0.3, -0.25) is 14.5 Å². The third kappa shape index (κ3) is 8.09. The maximum Gasteiger partial charge on any atom is 0.355 e. The maximum absolute atomic E-state index is 13.7. The number of halogens is 2. The second-order valence-corrected chi connectivity index (χ2v) is 15.2. The Bertz CT molecular complexity index is 961. The molecule has 0 bridgehead atoms. The summed E-state index contributed by atoms with van der Waals surface area (Å²) in [5, 5.41) is -0.726. The Morgan fingerprint density at radius 1 is 1.14 bits per heavy atom. The minimum atomic E-state index is -1.22. The summed E-state index contributed by atoms with van der Waals surface area (Å²) in [5.41, 5.74) is 1.04. The van der Waals surface area contributed by atoms with Crippen molar-refractivity contribution in [3.8, 4) is 0 Å². The summed E-state index contributed by atoms with van der Waals surface area (Å²) >= 11 is 12.6. The van der Waals surface area contributed by atoms with Crippen LogP contribution in [-0.2, 0) is 18.8 Å². The molecule has 1 unspecified atom stereocenters. The lowest BCUT2D eigenvalue weighted by molar-refractivity contribution is -0.159. The van der Waals surface area contributed by atoms with Crippen molar-refractivity contribution in [3.63, 3.8) is 0 Å². The molecule has 10 heteroatoms. The third-order valence-corrected chi connectivity index (χ3v) is 8.35. The molecule has 1 aromatic carbocycles. The van der Waals surface area contributed by atoms with Gasteiger partial charge in [-0.1, -0.05) is 62.9 Å². The first kappa shape index (κ1) is 30.9. The molecule has 0 spiro atoms. The van der Waals surface area contributed by atoms with Crippen LogP contribution in [0, 0.1) is 17.3 Å². The van der Waals surface area contributed by atoms with Gasteiger partial charge in [0.05, 0.1) is 5.92 Å². The highest BCUT2D eigenvalue weighted by Crippen LogP contribution is 2.49. The van der Waals surface area contributed by atoms with Gasteiger partial charge in [0.25, 0.3) is 0 Å². The van der Waals surface area contributed by atoms with Crippen molar-refractivity contribution in [2.75, 3.05) is 13.2 Å². The number of carbonyl (C=O) groups excluding carboxylic acids is 3. The van der Waals surface area contributed by atoms with E-state index in [-0.39, 0.29) is 34.7 Å². The van der Waals surface area contributed by atoms with E-state index in [1.54, 1.807) is 38.1 Å². The number of hydrogen-bond donors (Lipinski definition) is 0. The van der Waals surface area contributed by atoms with Gasteiger partial charge >= 0.3 is 5.97 Å². The van der Waals surface area contributed by atoms with Gasteiger partial charge in [0, 0.05) is 12.2 Å². The first-order valence-corrected chi connectivity index (χ1v) is 16.6. The molecule has 0 saturated carbocycles. The highest BCUT2D eigenvalue weighted by atomic mass is 35.5. The normalized spacial score (nSPS) is 18.8. The molecule has 3 atom stereocenters. The molecule has 0 radical (unpaired) electrons. The number of hydrogen-bond acceptors (Lipinski definition) is 6. The van der Waals surface area contributed by atoms with Gasteiger partial charge in [-0.25, -0.2) is 4.79 Å². The fourth-order valence-electron chi connectivity index (χ4n) is 4.31. The number of alkyl halides is 2. The van der Waals surface area contributed by atoms with E-state index in [1.807, 2.05) is 6.07 Å². The van der Waals surface area contributed by atoms with E-state index in [1.165, 1.54) is 4.90 Å². The van der Waals surface area contributed by atoms with E-state index >= 15 is 0 Å². The minimum absolute atomic E-state index is 0.0560. The van der Waals surface area contributed by atoms with Gasteiger partial charge in [-0.05, 0) is 50.3 Å². The van der Waals surface area contributed by atoms with Crippen molar-refractivity contribution < 1.29 is 23.5 Å². The van der Waals surface area contributed by atoms with Crippen LogP contribution >= 0.6 is 35.0 Å². The number of allylic oxidation sites excluding steroid dienone is 1. The van der Waals surface area contributed by atoms with Crippen LogP contribution in [0.5, 0.6) is 0 Å². The van der Waals surface area contributed by atoms with Crippen LogP contribution in [-0.4, -0.2) is 54.4 Å². The van der Waals surface area contributed by atoms with E-state index < -0.39 is 31.1 Å². The number of carbonyl (C=O) groups is 3. The number of thioether (sulfide) groups is 1. The number of benzene rings is 1. The zero-order chi connectivity index (χ0) is 27.2. The zero-order valence-corrected chi connectivity index (χ0v) is 25.5. The van der Waals surface area contributed by atoms with E-state index in [4.69, 9.17) is 32.4 Å². The quantitative estimate of drug-likeness (QED) is 0.106. The average molecular weight is 575 g/mol. The first-order valence-electron chi connectivity index (χ1n) is 12.1. The Balaban J connectivity index is 2.44. The smallest absolute Gasteiger partial charge is 0.355 e. The van der Waals surface area contributed by atoms with E-state index in [2.05, 4.69) is 33.9 Å². The lowest BCUT2D eigenvalue weighted by Gasteiger charge is -2.52. The Kier molecular flexibility index (Phi) is 11.6. The van der Waals surface area contributed by atoms with Crippen molar-refractivity contribution in [2.24, 2.45) is 17.3 Å². The number of nitrogens with zero attached hydrogens (tertiary/aromatic N) is 1. The fraction of sp³-hybridized carbons (Fsp3) is 0.577. The van der Waals surface area contributed by atoms with Gasteiger partial charge in [0.2, 0.25) is 11.0 Å². The predicted octanol–water partition coefficient (Wildman–Crippen LogP) is 6.04. The molecular formula is C26H37Cl2NO5SSi. The molecule has 0 aromatic heterocycles. The Hall–Kier alpha value is -1.32. The van der Waals surface area contributed by atoms with E-state index in [0.717, 1.165) is 11.8 Å². The van der Waals surface area contributed by atoms with Crippen molar-refractivity contribution in [3.05, 3.63) is 47.2 Å². The van der Waals surface area contributed by atoms with Gasteiger partial charge in [-0.15, -0.1) is 23.2 Å². The van der Waals surface area contributed by atoms with Crippen LogP contribution in [0.3, 0.4) is 0 Å². The summed E-state index contributed by atoms with van der Waals surface area (Å²) in [5.74, 6) is -1.40. The molecule has 36 heavy (non-hydrogen) atoms. The summed E-state index contributed by atoms with van der Waals surface area (Å²) in [7, 11) is -1.22. The summed E-state index contributed by atoms with van der Waals surface area (Å²) < 4.78 is 11.2. The first-order chi connectivity index (χ1) is 16.8. The number of amides is 1. The highest BCUT2D eigenvalue weighted by Gasteiger charge is 2.57. The van der Waals surface area contributed by atoms with Gasteiger partial charge in [0.1, 0.15) is 22.5 Å². The van der Waals surface area contributed by atoms with Crippen molar-refractivity contribution in [2.45, 2.75) is 64.3 Å². The molecule has 1 heterocycles. The summed E-state index contributed by atoms with van der Waals surface area (Å²) in [6.07, 6.45) is 0.685. The number of esters is 1. The van der Waals surface area contributed by atoms with Gasteiger partial charge < -0.3 is 9.16 Å². The number of ether oxygens (including phenoxy) is 1. The number of rotatable bonds is 11. The number of β-lactam (4-membered cyclic amide) rings is 1. The molecule has 1 aliphatic rings. The fourth-order valence-corrected chi connectivity index (χ4v) is 6.30. The highest BCUT2D eigenvalue weighted by molar-refractivity contribution is 8.14. The van der Waals surface area contributed by atoms with Crippen LogP contribution in [0.4, 0.5) is 0 Å². The second-order valence-electron chi connectivity index (χ2n) is 10.4. The third-order valence-electron chi connectivity index (χ3n) is 6.00. The van der Waals surface area contributed by atoms with Crippen LogP contribution in [0.1, 0.15) is 51.4 Å².